The molecule has 9 heteroatoms. The highest BCUT2D eigenvalue weighted by molar-refractivity contribution is 6.12. The normalized spacial score (nSPS) is 17.0. The number of carbonyl (C=O) groups is 3. The summed E-state index contributed by atoms with van der Waals surface area (Å²) in [7, 11) is 0. The number of likely N-dealkylation sites (tertiary alicyclic amines) is 1. The number of aliphatic hydroxyl groups is 1. The van der Waals surface area contributed by atoms with Gasteiger partial charge in [0.05, 0.1) is 39.0 Å². The number of amides is 3. The number of piperidine rings is 1. The average molecular weight is 437 g/mol. The van der Waals surface area contributed by atoms with Gasteiger partial charge in [-0.25, -0.2) is 4.79 Å². The van der Waals surface area contributed by atoms with E-state index in [1.807, 2.05) is 0 Å². The molecule has 31 heavy (non-hydrogen) atoms. The van der Waals surface area contributed by atoms with E-state index in [0.717, 1.165) is 0 Å². The number of rotatable bonds is 10. The van der Waals surface area contributed by atoms with Crippen LogP contribution in [0.25, 0.3) is 0 Å². The second-order valence-corrected chi connectivity index (χ2v) is 8.00. The molecule has 1 aliphatic rings. The molecular formula is C22H31NO8. The molecule has 1 saturated heterocycles. The van der Waals surface area contributed by atoms with Gasteiger partial charge in [-0.3, -0.25) is 9.59 Å². The summed E-state index contributed by atoms with van der Waals surface area (Å²) in [5, 5.41) is 8.60. The van der Waals surface area contributed by atoms with Crippen LogP contribution in [0.15, 0.2) is 24.3 Å². The Morgan fingerprint density at radius 3 is 2.26 bits per heavy atom. The minimum Gasteiger partial charge on any atom is -0.491 e. The smallest absolute Gasteiger partial charge is 0.424 e. The zero-order valence-corrected chi connectivity index (χ0v) is 18.3. The predicted octanol–water partition coefficient (Wildman–Crippen LogP) is 2.26. The number of hydrogen-bond donors (Lipinski definition) is 1. The van der Waals surface area contributed by atoms with Crippen molar-refractivity contribution in [2.75, 3.05) is 39.6 Å². The second kappa shape index (κ2) is 11.8. The molecule has 1 N–H and O–H groups in total. The summed E-state index contributed by atoms with van der Waals surface area (Å²) in [4.78, 5) is 37.9. The maximum atomic E-state index is 12.8. The van der Waals surface area contributed by atoms with Crippen LogP contribution in [0.4, 0.5) is 4.79 Å². The van der Waals surface area contributed by atoms with Gasteiger partial charge in [0.15, 0.2) is 0 Å². The van der Waals surface area contributed by atoms with Crippen LogP contribution in [0.1, 0.15) is 45.1 Å². The van der Waals surface area contributed by atoms with Crippen molar-refractivity contribution < 1.29 is 38.4 Å². The number of benzene rings is 1. The van der Waals surface area contributed by atoms with Gasteiger partial charge in [0.1, 0.15) is 18.0 Å². The van der Waals surface area contributed by atoms with Gasteiger partial charge in [0, 0.05) is 6.42 Å². The summed E-state index contributed by atoms with van der Waals surface area (Å²) in [5.74, 6) is -1.10. The lowest BCUT2D eigenvalue weighted by Crippen LogP contribution is -2.49. The molecule has 3 amide bonds. The first-order valence-corrected chi connectivity index (χ1v) is 10.3. The zero-order chi connectivity index (χ0) is 22.9. The number of aliphatic hydroxyl groups excluding tert-OH is 1. The van der Waals surface area contributed by atoms with Crippen LogP contribution in [0, 0.1) is 0 Å². The molecule has 1 aliphatic heterocycles. The Balaban J connectivity index is 1.86. The summed E-state index contributed by atoms with van der Waals surface area (Å²) in [6.07, 6.45) is -0.509. The molecule has 1 unspecified atom stereocenters. The van der Waals surface area contributed by atoms with Gasteiger partial charge in [-0.05, 0) is 44.9 Å². The van der Waals surface area contributed by atoms with Gasteiger partial charge < -0.3 is 24.1 Å². The number of carbonyl (C=O) groups excluding carboxylic acids is 3. The lowest BCUT2D eigenvalue weighted by atomic mass is 9.89. The fraction of sp³-hybridized carbons (Fsp3) is 0.591. The molecule has 172 valence electrons. The summed E-state index contributed by atoms with van der Waals surface area (Å²) in [6.45, 7) is 6.87. The van der Waals surface area contributed by atoms with Gasteiger partial charge in [0.2, 0.25) is 11.8 Å². The fourth-order valence-corrected chi connectivity index (χ4v) is 2.99. The quantitative estimate of drug-likeness (QED) is 0.438. The SMILES string of the molecule is CC(C)(C)OC(=O)N1C(=O)CCC(c2ccc(OCCOCCOCCO)cc2)C1=O. The van der Waals surface area contributed by atoms with Crippen LogP contribution in [0.5, 0.6) is 5.75 Å². The van der Waals surface area contributed by atoms with Crippen molar-refractivity contribution in [2.45, 2.75) is 45.1 Å². The summed E-state index contributed by atoms with van der Waals surface area (Å²) < 4.78 is 21.3. The van der Waals surface area contributed by atoms with E-state index in [1.54, 1.807) is 45.0 Å². The largest absolute Gasteiger partial charge is 0.491 e. The van der Waals surface area contributed by atoms with Crippen molar-refractivity contribution in [1.29, 1.82) is 0 Å². The van der Waals surface area contributed by atoms with Crippen LogP contribution >= 0.6 is 0 Å². The number of hydrogen-bond acceptors (Lipinski definition) is 8. The molecule has 0 aromatic heterocycles. The minimum absolute atomic E-state index is 0.0130. The molecule has 0 saturated carbocycles. The Bertz CT molecular complexity index is 741. The molecule has 0 radical (unpaired) electrons. The lowest BCUT2D eigenvalue weighted by Gasteiger charge is -2.31. The maximum absolute atomic E-state index is 12.8. The Morgan fingerprint density at radius 2 is 1.65 bits per heavy atom. The van der Waals surface area contributed by atoms with E-state index < -0.39 is 29.4 Å². The molecule has 1 aromatic carbocycles. The highest BCUT2D eigenvalue weighted by Crippen LogP contribution is 2.31. The summed E-state index contributed by atoms with van der Waals surface area (Å²) >= 11 is 0. The first-order valence-electron chi connectivity index (χ1n) is 10.3. The van der Waals surface area contributed by atoms with E-state index in [-0.39, 0.29) is 13.0 Å². The van der Waals surface area contributed by atoms with E-state index in [0.29, 0.717) is 55.7 Å². The zero-order valence-electron chi connectivity index (χ0n) is 18.3. The van der Waals surface area contributed by atoms with Gasteiger partial charge in [-0.15, -0.1) is 0 Å². The van der Waals surface area contributed by atoms with Crippen LogP contribution in [-0.4, -0.2) is 73.2 Å². The monoisotopic (exact) mass is 437 g/mol. The lowest BCUT2D eigenvalue weighted by molar-refractivity contribution is -0.147. The standard InChI is InChI=1S/C22H31NO8/c1-22(2,3)31-21(27)23-19(25)9-8-18(20(23)26)16-4-6-17(7-5-16)30-15-14-29-13-12-28-11-10-24/h4-7,18,24H,8-15H2,1-3H3. The minimum atomic E-state index is -0.936. The average Bonchev–Trinajstić information content (AvgIpc) is 2.69. The fourth-order valence-electron chi connectivity index (χ4n) is 2.99. The van der Waals surface area contributed by atoms with Crippen LogP contribution in [-0.2, 0) is 23.8 Å². The van der Waals surface area contributed by atoms with E-state index >= 15 is 0 Å². The van der Waals surface area contributed by atoms with Crippen molar-refractivity contribution in [3.8, 4) is 5.75 Å². The third-order valence-electron chi connectivity index (χ3n) is 4.38. The number of ether oxygens (including phenoxy) is 4. The molecule has 2 rings (SSSR count). The van der Waals surface area contributed by atoms with Crippen molar-refractivity contribution in [3.63, 3.8) is 0 Å². The Hall–Kier alpha value is -2.49. The highest BCUT2D eigenvalue weighted by atomic mass is 16.6. The molecule has 1 fully saturated rings. The van der Waals surface area contributed by atoms with Gasteiger partial charge in [-0.2, -0.15) is 4.90 Å². The Morgan fingerprint density at radius 1 is 1.03 bits per heavy atom. The predicted molar refractivity (Wildman–Crippen MR) is 111 cm³/mol. The second-order valence-electron chi connectivity index (χ2n) is 8.00. The molecule has 1 aromatic rings. The molecular weight excluding hydrogens is 406 g/mol. The summed E-state index contributed by atoms with van der Waals surface area (Å²) in [6, 6.07) is 6.98. The highest BCUT2D eigenvalue weighted by Gasteiger charge is 2.41. The third kappa shape index (κ3) is 7.93. The van der Waals surface area contributed by atoms with Crippen molar-refractivity contribution >= 4 is 17.9 Å². The topological polar surface area (TPSA) is 112 Å². The van der Waals surface area contributed by atoms with Crippen LogP contribution in [0.2, 0.25) is 0 Å². The van der Waals surface area contributed by atoms with E-state index in [4.69, 9.17) is 24.1 Å². The number of imide groups is 3. The molecule has 1 atom stereocenters. The van der Waals surface area contributed by atoms with Crippen molar-refractivity contribution in [2.24, 2.45) is 0 Å². The van der Waals surface area contributed by atoms with Gasteiger partial charge >= 0.3 is 6.09 Å². The first kappa shape index (κ1) is 24.8. The van der Waals surface area contributed by atoms with Crippen LogP contribution < -0.4 is 4.74 Å². The van der Waals surface area contributed by atoms with Gasteiger partial charge in [-0.1, -0.05) is 12.1 Å². The Labute approximate surface area is 182 Å². The molecule has 0 aliphatic carbocycles. The summed E-state index contributed by atoms with van der Waals surface area (Å²) in [5.41, 5.74) is -0.101. The van der Waals surface area contributed by atoms with E-state index in [1.165, 1.54) is 0 Å². The van der Waals surface area contributed by atoms with Crippen molar-refractivity contribution in [3.05, 3.63) is 29.8 Å². The molecule has 1 heterocycles. The maximum Gasteiger partial charge on any atom is 0.424 e. The number of nitrogens with zero attached hydrogens (tertiary/aromatic N) is 1. The molecule has 0 spiro atoms. The third-order valence-corrected chi connectivity index (χ3v) is 4.38. The van der Waals surface area contributed by atoms with Gasteiger partial charge in [0.25, 0.3) is 0 Å². The Kier molecular flexibility index (Phi) is 9.42. The van der Waals surface area contributed by atoms with E-state index in [2.05, 4.69) is 0 Å². The van der Waals surface area contributed by atoms with Crippen molar-refractivity contribution in [1.82, 2.24) is 4.90 Å². The molecule has 0 bridgehead atoms. The molecule has 9 nitrogen and oxygen atoms in total. The van der Waals surface area contributed by atoms with E-state index in [9.17, 15) is 14.4 Å². The first-order chi connectivity index (χ1) is 14.7. The van der Waals surface area contributed by atoms with Crippen LogP contribution in [0.3, 0.4) is 0 Å².